The Kier molecular flexibility index (Phi) is 3.57. The van der Waals surface area contributed by atoms with Gasteiger partial charge in [-0.3, -0.25) is 4.79 Å². The summed E-state index contributed by atoms with van der Waals surface area (Å²) in [6.45, 7) is 6.04. The number of aliphatic hydroxyl groups is 1. The molecule has 0 aliphatic carbocycles. The van der Waals surface area contributed by atoms with Crippen LogP contribution in [0.1, 0.15) is 31.1 Å². The van der Waals surface area contributed by atoms with Crippen molar-refractivity contribution in [1.82, 2.24) is 14.7 Å². The summed E-state index contributed by atoms with van der Waals surface area (Å²) < 4.78 is 1.83. The number of nitrogens with one attached hydrogen (secondary N) is 1. The van der Waals surface area contributed by atoms with Crippen LogP contribution in [-0.4, -0.2) is 33.0 Å². The Labute approximate surface area is 112 Å². The molecule has 2 heterocycles. The number of imidazole rings is 1. The molecule has 0 aliphatic heterocycles. The molecular weight excluding hydrogens is 242 g/mol. The second-order valence-corrected chi connectivity index (χ2v) is 5.73. The van der Waals surface area contributed by atoms with E-state index in [1.165, 1.54) is 0 Å². The Morgan fingerprint density at radius 1 is 1.53 bits per heavy atom. The van der Waals surface area contributed by atoms with Crippen molar-refractivity contribution in [3.63, 3.8) is 0 Å². The molecule has 1 unspecified atom stereocenters. The number of rotatable bonds is 3. The highest BCUT2D eigenvalue weighted by atomic mass is 16.3. The van der Waals surface area contributed by atoms with Gasteiger partial charge in [0.25, 0.3) is 5.91 Å². The first kappa shape index (κ1) is 13.5. The summed E-state index contributed by atoms with van der Waals surface area (Å²) >= 11 is 0. The minimum atomic E-state index is -0.574. The molecule has 2 rings (SSSR count). The van der Waals surface area contributed by atoms with Gasteiger partial charge in [0.1, 0.15) is 0 Å². The number of carbonyl (C=O) groups is 1. The molecule has 2 N–H and O–H groups in total. The van der Waals surface area contributed by atoms with E-state index in [1.807, 2.05) is 25.2 Å². The molecule has 0 fully saturated rings. The van der Waals surface area contributed by atoms with Gasteiger partial charge in [-0.2, -0.15) is 0 Å². The summed E-state index contributed by atoms with van der Waals surface area (Å²) in [5.74, 6) is -0.188. The molecule has 0 spiro atoms. The topological polar surface area (TPSA) is 66.6 Å². The molecule has 2 aromatic rings. The molecule has 5 nitrogen and oxygen atoms in total. The SMILES string of the molecule is CC(C)(C)C(O)CNC(=O)c1ccn2cncc2c1. The Balaban J connectivity index is 2.03. The van der Waals surface area contributed by atoms with Crippen LogP contribution in [-0.2, 0) is 0 Å². The zero-order chi connectivity index (χ0) is 14.0. The van der Waals surface area contributed by atoms with Crippen molar-refractivity contribution in [2.75, 3.05) is 6.54 Å². The summed E-state index contributed by atoms with van der Waals surface area (Å²) in [7, 11) is 0. The molecule has 0 aliphatic rings. The lowest BCUT2D eigenvalue weighted by Crippen LogP contribution is -2.39. The number of fused-ring (bicyclic) bond motifs is 1. The summed E-state index contributed by atoms with van der Waals surface area (Å²) in [5, 5.41) is 12.6. The lowest BCUT2D eigenvalue weighted by atomic mass is 9.89. The van der Waals surface area contributed by atoms with E-state index in [9.17, 15) is 9.90 Å². The smallest absolute Gasteiger partial charge is 0.251 e. The van der Waals surface area contributed by atoms with E-state index < -0.39 is 6.10 Å². The zero-order valence-electron chi connectivity index (χ0n) is 11.4. The quantitative estimate of drug-likeness (QED) is 0.879. The average molecular weight is 261 g/mol. The highest BCUT2D eigenvalue weighted by molar-refractivity contribution is 5.95. The predicted molar refractivity (Wildman–Crippen MR) is 73.0 cm³/mol. The lowest BCUT2D eigenvalue weighted by molar-refractivity contribution is 0.0587. The van der Waals surface area contributed by atoms with Gasteiger partial charge in [-0.15, -0.1) is 0 Å². The third-order valence-electron chi connectivity index (χ3n) is 3.13. The standard InChI is InChI=1S/C14H19N3O2/c1-14(2,3)12(18)8-16-13(19)10-4-5-17-9-15-7-11(17)6-10/h4-7,9,12,18H,8H2,1-3H3,(H,16,19). The minimum Gasteiger partial charge on any atom is -0.391 e. The molecule has 0 aromatic carbocycles. The number of pyridine rings is 1. The molecule has 0 bridgehead atoms. The molecule has 2 aromatic heterocycles. The lowest BCUT2D eigenvalue weighted by Gasteiger charge is -2.25. The molecule has 19 heavy (non-hydrogen) atoms. The van der Waals surface area contributed by atoms with Crippen molar-refractivity contribution < 1.29 is 9.90 Å². The highest BCUT2D eigenvalue weighted by Gasteiger charge is 2.22. The fraction of sp³-hybridized carbons (Fsp3) is 0.429. The van der Waals surface area contributed by atoms with Gasteiger partial charge >= 0.3 is 0 Å². The normalized spacial score (nSPS) is 13.5. The molecule has 102 valence electrons. The van der Waals surface area contributed by atoms with Crippen molar-refractivity contribution in [2.45, 2.75) is 26.9 Å². The first-order chi connectivity index (χ1) is 8.88. The second kappa shape index (κ2) is 5.01. The van der Waals surface area contributed by atoms with Crippen LogP contribution >= 0.6 is 0 Å². The van der Waals surface area contributed by atoms with Crippen molar-refractivity contribution in [1.29, 1.82) is 0 Å². The summed E-state index contributed by atoms with van der Waals surface area (Å²) in [6.07, 6.45) is 4.59. The number of hydrogen-bond donors (Lipinski definition) is 2. The Bertz CT molecular complexity index is 584. The molecule has 0 saturated carbocycles. The summed E-state index contributed by atoms with van der Waals surface area (Å²) in [6, 6.07) is 3.50. The van der Waals surface area contributed by atoms with Crippen LogP contribution in [0.25, 0.3) is 5.52 Å². The van der Waals surface area contributed by atoms with Crippen LogP contribution in [0.4, 0.5) is 0 Å². The Morgan fingerprint density at radius 2 is 2.26 bits per heavy atom. The fourth-order valence-corrected chi connectivity index (χ4v) is 1.66. The molecule has 0 radical (unpaired) electrons. The van der Waals surface area contributed by atoms with Gasteiger partial charge < -0.3 is 14.8 Å². The summed E-state index contributed by atoms with van der Waals surface area (Å²) in [5.41, 5.74) is 1.18. The van der Waals surface area contributed by atoms with Gasteiger partial charge in [-0.1, -0.05) is 20.8 Å². The molecule has 0 saturated heterocycles. The van der Waals surface area contributed by atoms with Crippen LogP contribution in [0.5, 0.6) is 0 Å². The first-order valence-electron chi connectivity index (χ1n) is 6.26. The fourth-order valence-electron chi connectivity index (χ4n) is 1.66. The van der Waals surface area contributed by atoms with Gasteiger partial charge in [0.2, 0.25) is 0 Å². The van der Waals surface area contributed by atoms with Crippen molar-refractivity contribution in [3.8, 4) is 0 Å². The van der Waals surface area contributed by atoms with E-state index >= 15 is 0 Å². The van der Waals surface area contributed by atoms with Crippen molar-refractivity contribution in [2.24, 2.45) is 5.41 Å². The van der Waals surface area contributed by atoms with Crippen molar-refractivity contribution >= 4 is 11.4 Å². The minimum absolute atomic E-state index is 0.188. The van der Waals surface area contributed by atoms with Crippen LogP contribution in [0, 0.1) is 5.41 Å². The van der Waals surface area contributed by atoms with E-state index in [2.05, 4.69) is 10.3 Å². The monoisotopic (exact) mass is 261 g/mol. The van der Waals surface area contributed by atoms with Gasteiger partial charge in [-0.25, -0.2) is 4.98 Å². The van der Waals surface area contributed by atoms with E-state index in [-0.39, 0.29) is 17.9 Å². The van der Waals surface area contributed by atoms with Crippen LogP contribution < -0.4 is 5.32 Å². The number of aliphatic hydroxyl groups excluding tert-OH is 1. The zero-order valence-corrected chi connectivity index (χ0v) is 11.4. The first-order valence-corrected chi connectivity index (χ1v) is 6.26. The van der Waals surface area contributed by atoms with Gasteiger partial charge in [-0.05, 0) is 17.5 Å². The van der Waals surface area contributed by atoms with E-state index in [0.29, 0.717) is 5.56 Å². The molecule has 1 atom stereocenters. The maximum absolute atomic E-state index is 12.0. The average Bonchev–Trinajstić information content (AvgIpc) is 2.81. The van der Waals surface area contributed by atoms with E-state index in [1.54, 1.807) is 30.9 Å². The number of aromatic nitrogens is 2. The highest BCUT2D eigenvalue weighted by Crippen LogP contribution is 2.18. The van der Waals surface area contributed by atoms with E-state index in [0.717, 1.165) is 5.52 Å². The third-order valence-corrected chi connectivity index (χ3v) is 3.13. The summed E-state index contributed by atoms with van der Waals surface area (Å²) in [4.78, 5) is 16.0. The second-order valence-electron chi connectivity index (χ2n) is 5.73. The largest absolute Gasteiger partial charge is 0.391 e. The van der Waals surface area contributed by atoms with Crippen molar-refractivity contribution in [3.05, 3.63) is 36.4 Å². The Hall–Kier alpha value is -1.88. The number of amides is 1. The van der Waals surface area contributed by atoms with Gasteiger partial charge in [0.15, 0.2) is 0 Å². The van der Waals surface area contributed by atoms with E-state index in [4.69, 9.17) is 0 Å². The van der Waals surface area contributed by atoms with Crippen LogP contribution in [0.2, 0.25) is 0 Å². The maximum atomic E-state index is 12.0. The molecule has 1 amide bonds. The molecule has 5 heteroatoms. The predicted octanol–water partition coefficient (Wildman–Crippen LogP) is 1.47. The maximum Gasteiger partial charge on any atom is 0.251 e. The Morgan fingerprint density at radius 3 is 2.95 bits per heavy atom. The van der Waals surface area contributed by atoms with Gasteiger partial charge in [0.05, 0.1) is 24.1 Å². The third kappa shape index (κ3) is 3.12. The van der Waals surface area contributed by atoms with Crippen LogP contribution in [0.15, 0.2) is 30.9 Å². The number of nitrogens with zero attached hydrogens (tertiary/aromatic N) is 2. The molecular formula is C14H19N3O2. The number of hydrogen-bond acceptors (Lipinski definition) is 3. The van der Waals surface area contributed by atoms with Crippen LogP contribution in [0.3, 0.4) is 0 Å². The number of carbonyl (C=O) groups excluding carboxylic acids is 1. The van der Waals surface area contributed by atoms with Gasteiger partial charge in [0, 0.05) is 18.3 Å².